The quantitative estimate of drug-likeness (QED) is 0.589. The third-order valence-corrected chi connectivity index (χ3v) is 5.77. The number of para-hydroxylation sites is 3. The summed E-state index contributed by atoms with van der Waals surface area (Å²) in [5.41, 5.74) is 4.32. The molecule has 0 saturated heterocycles. The van der Waals surface area contributed by atoms with Crippen LogP contribution in [0.1, 0.15) is 43.4 Å². The molecule has 0 aliphatic heterocycles. The van der Waals surface area contributed by atoms with Gasteiger partial charge in [-0.25, -0.2) is 4.98 Å². The summed E-state index contributed by atoms with van der Waals surface area (Å²) in [4.78, 5) is 23.9. The van der Waals surface area contributed by atoms with Crippen LogP contribution in [0.25, 0.3) is 17.1 Å². The van der Waals surface area contributed by atoms with Gasteiger partial charge in [-0.15, -0.1) is 0 Å². The Bertz CT molecular complexity index is 1040. The number of hydrogen-bond acceptors (Lipinski definition) is 4. The fourth-order valence-electron chi connectivity index (χ4n) is 4.09. The van der Waals surface area contributed by atoms with E-state index >= 15 is 0 Å². The molecule has 4 rings (SSSR count). The molecular weight excluding hydrogens is 372 g/mol. The minimum atomic E-state index is -0.169. The van der Waals surface area contributed by atoms with Crippen molar-refractivity contribution in [3.8, 4) is 0 Å². The molecule has 5 heteroatoms. The number of fused-ring (bicyclic) bond motifs is 1. The van der Waals surface area contributed by atoms with E-state index in [0.717, 1.165) is 28.8 Å². The topological polar surface area (TPSA) is 58.1 Å². The first-order chi connectivity index (χ1) is 14.7. The van der Waals surface area contributed by atoms with Crippen LogP contribution in [-0.2, 0) is 11.3 Å². The molecule has 1 aliphatic rings. The zero-order chi connectivity index (χ0) is 20.8. The minimum absolute atomic E-state index is 0.169. The van der Waals surface area contributed by atoms with Crippen LogP contribution >= 0.6 is 0 Å². The van der Waals surface area contributed by atoms with E-state index in [2.05, 4.69) is 33.3 Å². The smallest absolute Gasteiger partial charge is 0.248 e. The van der Waals surface area contributed by atoms with Gasteiger partial charge in [0.2, 0.25) is 5.91 Å². The highest BCUT2D eigenvalue weighted by atomic mass is 16.1. The molecule has 1 aromatic heterocycles. The first-order valence-corrected chi connectivity index (χ1v) is 10.7. The predicted molar refractivity (Wildman–Crippen MR) is 122 cm³/mol. The van der Waals surface area contributed by atoms with Gasteiger partial charge in [0.15, 0.2) is 0 Å². The van der Waals surface area contributed by atoms with Crippen LogP contribution in [0.2, 0.25) is 0 Å². The van der Waals surface area contributed by atoms with E-state index in [1.165, 1.54) is 38.2 Å². The summed E-state index contributed by atoms with van der Waals surface area (Å²) < 4.78 is 0. The Morgan fingerprint density at radius 2 is 1.80 bits per heavy atom. The molecule has 1 N–H and O–H groups in total. The fraction of sp³-hybridized carbons (Fsp3) is 0.320. The average Bonchev–Trinajstić information content (AvgIpc) is 2.79. The van der Waals surface area contributed by atoms with Gasteiger partial charge >= 0.3 is 0 Å². The molecule has 0 spiro atoms. The number of rotatable bonds is 6. The van der Waals surface area contributed by atoms with Crippen LogP contribution < -0.4 is 5.32 Å². The molecule has 2 aromatic carbocycles. The molecule has 1 heterocycles. The molecule has 1 aliphatic carbocycles. The maximum Gasteiger partial charge on any atom is 0.248 e. The van der Waals surface area contributed by atoms with E-state index in [0.29, 0.717) is 11.7 Å². The SMILES string of the molecule is CN(Cc1ccccc1NC(=O)/C=C/c1cnc2ccccc2n1)C1CCCCC1. The maximum atomic E-state index is 12.5. The van der Waals surface area contributed by atoms with E-state index in [9.17, 15) is 4.79 Å². The Hall–Kier alpha value is -3.05. The summed E-state index contributed by atoms with van der Waals surface area (Å²) in [5, 5.41) is 3.03. The maximum absolute atomic E-state index is 12.5. The van der Waals surface area contributed by atoms with Crippen LogP contribution in [0, 0.1) is 0 Å². The first-order valence-electron chi connectivity index (χ1n) is 10.7. The van der Waals surface area contributed by atoms with Gasteiger partial charge in [-0.3, -0.25) is 14.7 Å². The lowest BCUT2D eigenvalue weighted by molar-refractivity contribution is -0.111. The highest BCUT2D eigenvalue weighted by Crippen LogP contribution is 2.25. The van der Waals surface area contributed by atoms with Crippen molar-refractivity contribution in [3.05, 3.63) is 72.1 Å². The number of nitrogens with zero attached hydrogens (tertiary/aromatic N) is 3. The standard InChI is InChI=1S/C25H28N4O/c1-29(21-10-3-2-4-11-21)18-19-9-5-6-12-22(19)28-25(30)16-15-20-17-26-23-13-7-8-14-24(23)27-20/h5-9,12-17,21H,2-4,10-11,18H2,1H3,(H,28,30)/b16-15+. The summed E-state index contributed by atoms with van der Waals surface area (Å²) in [5.74, 6) is -0.169. The first kappa shape index (κ1) is 20.2. The zero-order valence-electron chi connectivity index (χ0n) is 17.4. The predicted octanol–water partition coefficient (Wildman–Crippen LogP) is 5.05. The summed E-state index contributed by atoms with van der Waals surface area (Å²) in [7, 11) is 2.19. The van der Waals surface area contributed by atoms with Gasteiger partial charge in [0, 0.05) is 24.4 Å². The van der Waals surface area contributed by atoms with Crippen LogP contribution in [0.5, 0.6) is 0 Å². The van der Waals surface area contributed by atoms with Crippen molar-refractivity contribution in [1.82, 2.24) is 14.9 Å². The van der Waals surface area contributed by atoms with E-state index in [1.807, 2.05) is 42.5 Å². The lowest BCUT2D eigenvalue weighted by atomic mass is 9.94. The molecule has 5 nitrogen and oxygen atoms in total. The van der Waals surface area contributed by atoms with Gasteiger partial charge in [0.25, 0.3) is 0 Å². The molecule has 0 bridgehead atoms. The van der Waals surface area contributed by atoms with Crippen molar-refractivity contribution in [2.24, 2.45) is 0 Å². The second-order valence-corrected chi connectivity index (χ2v) is 7.97. The van der Waals surface area contributed by atoms with E-state index in [1.54, 1.807) is 12.3 Å². The molecular formula is C25H28N4O. The molecule has 0 unspecified atom stereocenters. The van der Waals surface area contributed by atoms with Crippen LogP contribution in [0.15, 0.2) is 60.8 Å². The van der Waals surface area contributed by atoms with Gasteiger partial charge in [0.05, 0.1) is 22.9 Å². The van der Waals surface area contributed by atoms with Crippen LogP contribution in [0.4, 0.5) is 5.69 Å². The number of amides is 1. The molecule has 1 fully saturated rings. The summed E-state index contributed by atoms with van der Waals surface area (Å²) in [6.45, 7) is 0.834. The normalized spacial score (nSPS) is 15.1. The van der Waals surface area contributed by atoms with Crippen molar-refractivity contribution in [2.45, 2.75) is 44.7 Å². The van der Waals surface area contributed by atoms with Crippen molar-refractivity contribution in [1.29, 1.82) is 0 Å². The number of hydrogen-bond donors (Lipinski definition) is 1. The number of carbonyl (C=O) groups is 1. The zero-order valence-corrected chi connectivity index (χ0v) is 17.4. The Morgan fingerprint density at radius 3 is 2.63 bits per heavy atom. The molecule has 154 valence electrons. The van der Waals surface area contributed by atoms with Gasteiger partial charge in [-0.05, 0) is 49.7 Å². The fourth-order valence-corrected chi connectivity index (χ4v) is 4.09. The largest absolute Gasteiger partial charge is 0.322 e. The Labute approximate surface area is 177 Å². The van der Waals surface area contributed by atoms with Crippen molar-refractivity contribution >= 4 is 28.7 Å². The monoisotopic (exact) mass is 400 g/mol. The lowest BCUT2D eigenvalue weighted by Gasteiger charge is -2.31. The highest BCUT2D eigenvalue weighted by molar-refractivity contribution is 6.02. The molecule has 30 heavy (non-hydrogen) atoms. The van der Waals surface area contributed by atoms with Gasteiger partial charge < -0.3 is 5.32 Å². The molecule has 0 radical (unpaired) electrons. The van der Waals surface area contributed by atoms with E-state index in [-0.39, 0.29) is 5.91 Å². The molecule has 1 saturated carbocycles. The summed E-state index contributed by atoms with van der Waals surface area (Å²) >= 11 is 0. The highest BCUT2D eigenvalue weighted by Gasteiger charge is 2.19. The van der Waals surface area contributed by atoms with E-state index in [4.69, 9.17) is 0 Å². The second-order valence-electron chi connectivity index (χ2n) is 7.97. The Kier molecular flexibility index (Phi) is 6.50. The minimum Gasteiger partial charge on any atom is -0.322 e. The number of benzene rings is 2. The third kappa shape index (κ3) is 5.10. The number of carbonyl (C=O) groups excluding carboxylic acids is 1. The lowest BCUT2D eigenvalue weighted by Crippen LogP contribution is -2.33. The second kappa shape index (κ2) is 9.63. The molecule has 0 atom stereocenters. The molecule has 3 aromatic rings. The van der Waals surface area contributed by atoms with Gasteiger partial charge in [0.1, 0.15) is 0 Å². The van der Waals surface area contributed by atoms with Crippen LogP contribution in [0.3, 0.4) is 0 Å². The van der Waals surface area contributed by atoms with E-state index < -0.39 is 0 Å². The molecule has 1 amide bonds. The Balaban J connectivity index is 1.41. The van der Waals surface area contributed by atoms with Gasteiger partial charge in [-0.1, -0.05) is 49.6 Å². The van der Waals surface area contributed by atoms with Crippen LogP contribution in [-0.4, -0.2) is 33.9 Å². The summed E-state index contributed by atoms with van der Waals surface area (Å²) in [6.07, 6.45) is 11.4. The number of aromatic nitrogens is 2. The number of nitrogens with one attached hydrogen (secondary N) is 1. The third-order valence-electron chi connectivity index (χ3n) is 5.77. The van der Waals surface area contributed by atoms with Crippen molar-refractivity contribution in [3.63, 3.8) is 0 Å². The van der Waals surface area contributed by atoms with Gasteiger partial charge in [-0.2, -0.15) is 0 Å². The summed E-state index contributed by atoms with van der Waals surface area (Å²) in [6, 6.07) is 16.4. The van der Waals surface area contributed by atoms with Crippen molar-refractivity contribution in [2.75, 3.05) is 12.4 Å². The average molecular weight is 401 g/mol. The van der Waals surface area contributed by atoms with Crippen molar-refractivity contribution < 1.29 is 4.79 Å². The Morgan fingerprint density at radius 1 is 1.07 bits per heavy atom. The number of anilines is 1.